The van der Waals surface area contributed by atoms with Crippen LogP contribution in [0, 0.1) is 0 Å². The number of hydrogen-bond donors (Lipinski definition) is 3. The number of nitrogens with zero attached hydrogens (tertiary/aromatic N) is 1. The van der Waals surface area contributed by atoms with Crippen LogP contribution in [0.15, 0.2) is 21.9 Å². The van der Waals surface area contributed by atoms with E-state index in [0.717, 1.165) is 10.6 Å². The van der Waals surface area contributed by atoms with Crippen LogP contribution in [0.1, 0.15) is 14.5 Å². The van der Waals surface area contributed by atoms with Crippen LogP contribution in [0.4, 0.5) is 0 Å². The number of ether oxygens (including phenoxy) is 2. The molecule has 2 rings (SSSR count). The number of aliphatic hydroxyl groups is 1. The molecule has 1 saturated heterocycles. The van der Waals surface area contributed by atoms with E-state index < -0.39 is 42.5 Å². The van der Waals surface area contributed by atoms with Crippen LogP contribution in [0.3, 0.4) is 0 Å². The molecule has 3 N–H and O–H groups in total. The Balaban J connectivity index is 2.29. The van der Waals surface area contributed by atoms with Crippen LogP contribution in [0.5, 0.6) is 0 Å². The molecular formula is C12H19N2O8PS. The summed E-state index contributed by atoms with van der Waals surface area (Å²) in [4.78, 5) is 35.4. The molecule has 0 aliphatic carbocycles. The van der Waals surface area contributed by atoms with Crippen molar-refractivity contribution >= 4 is 18.5 Å². The highest BCUT2D eigenvalue weighted by atomic mass is 32.5. The molecule has 0 radical (unpaired) electrons. The summed E-state index contributed by atoms with van der Waals surface area (Å²) in [6.07, 6.45) is -2.51. The van der Waals surface area contributed by atoms with Gasteiger partial charge in [0.25, 0.3) is 5.56 Å². The first-order valence-electron chi connectivity index (χ1n) is 7.59. The van der Waals surface area contributed by atoms with Crippen molar-refractivity contribution in [2.75, 3.05) is 20.3 Å². The van der Waals surface area contributed by atoms with Gasteiger partial charge in [0.2, 0.25) is 0 Å². The lowest BCUT2D eigenvalue weighted by Gasteiger charge is -2.26. The molecule has 1 aromatic heterocycles. The maximum Gasteiger partial charge on any atom is 0.330 e. The fourth-order valence-corrected chi connectivity index (χ4v) is 3.74. The highest BCUT2D eigenvalue weighted by molar-refractivity contribution is 8.07. The lowest BCUT2D eigenvalue weighted by Crippen LogP contribution is -2.39. The molecule has 0 amide bonds. The van der Waals surface area contributed by atoms with Crippen molar-refractivity contribution < 1.29 is 29.9 Å². The molecule has 0 aromatic carbocycles. The largest absolute Gasteiger partial charge is 0.394 e. The van der Waals surface area contributed by atoms with Gasteiger partial charge < -0.3 is 24.0 Å². The normalized spacial score (nSPS) is 30.0. The number of nitrogens with one attached hydrogen (secondary N) is 1. The second-order valence-corrected chi connectivity index (χ2v) is 7.67. The first-order chi connectivity index (χ1) is 11.8. The Morgan fingerprint density at radius 1 is 1.54 bits per heavy atom. The van der Waals surface area contributed by atoms with Gasteiger partial charge in [0, 0.05) is 20.7 Å². The van der Waals surface area contributed by atoms with Crippen molar-refractivity contribution in [2.24, 2.45) is 0 Å². The number of H-pyrrole nitrogens is 1. The number of methoxy groups -OCH3 is 1. The number of rotatable bonds is 7. The monoisotopic (exact) mass is 383 g/mol. The average Bonchev–Trinajstić information content (AvgIpc) is 2.89. The number of aromatic amines is 1. The minimum absolute atomic E-state index is 0.215. The number of aliphatic hydroxyl groups excluding tert-OH is 1. The lowest BCUT2D eigenvalue weighted by atomic mass is 10.1. The number of hydrogen-bond acceptors (Lipinski definition) is 8. The van der Waals surface area contributed by atoms with E-state index in [9.17, 15) is 14.5 Å². The molecule has 2 unspecified atom stereocenters. The van der Waals surface area contributed by atoms with E-state index in [1.165, 1.54) is 13.3 Å². The summed E-state index contributed by atoms with van der Waals surface area (Å²) in [6.45, 7) is -4.54. The highest BCUT2D eigenvalue weighted by Gasteiger charge is 2.47. The molecule has 0 saturated carbocycles. The van der Waals surface area contributed by atoms with Gasteiger partial charge in [-0.3, -0.25) is 18.9 Å². The Morgan fingerprint density at radius 3 is 2.88 bits per heavy atom. The van der Waals surface area contributed by atoms with Crippen LogP contribution in [-0.4, -0.2) is 58.2 Å². The van der Waals surface area contributed by atoms with Crippen molar-refractivity contribution in [3.8, 4) is 0 Å². The summed E-state index contributed by atoms with van der Waals surface area (Å²) in [6, 6.07) is 1.14. The summed E-state index contributed by atoms with van der Waals surface area (Å²) in [5.74, 6) is 0. The minimum atomic E-state index is -3.71. The molecule has 24 heavy (non-hydrogen) atoms. The molecule has 1 aliphatic heterocycles. The molecule has 1 fully saturated rings. The summed E-state index contributed by atoms with van der Waals surface area (Å²) in [5, 5.41) is 8.76. The molecule has 12 heteroatoms. The van der Waals surface area contributed by atoms with Gasteiger partial charge in [-0.15, -0.1) is 0 Å². The van der Waals surface area contributed by atoms with E-state index in [-0.39, 0.29) is 20.1 Å². The second-order valence-electron chi connectivity index (χ2n) is 4.88. The zero-order valence-corrected chi connectivity index (χ0v) is 14.4. The fourth-order valence-electron chi connectivity index (χ4n) is 2.28. The average molecular weight is 383 g/mol. The van der Waals surface area contributed by atoms with Gasteiger partial charge in [-0.2, -0.15) is 0 Å². The molecule has 2 heterocycles. The summed E-state index contributed by atoms with van der Waals surface area (Å²) in [5.41, 5.74) is -1.29. The van der Waals surface area contributed by atoms with Crippen molar-refractivity contribution in [3.63, 3.8) is 0 Å². The summed E-state index contributed by atoms with van der Waals surface area (Å²) < 4.78 is 30.0. The highest BCUT2D eigenvalue weighted by Crippen LogP contribution is 2.48. The van der Waals surface area contributed by atoms with Gasteiger partial charge in [-0.25, -0.2) is 4.79 Å². The van der Waals surface area contributed by atoms with Gasteiger partial charge in [-0.05, 0) is 18.7 Å². The molecule has 1 aromatic rings. The molecule has 5 atom stereocenters. The topological polar surface area (TPSA) is 132 Å². The van der Waals surface area contributed by atoms with Crippen LogP contribution in [0.2, 0.25) is 0 Å². The summed E-state index contributed by atoms with van der Waals surface area (Å²) in [7, 11) is 1.34. The molecule has 10 nitrogen and oxygen atoms in total. The van der Waals surface area contributed by atoms with Gasteiger partial charge in [0.1, 0.15) is 12.2 Å². The Bertz CT molecular complexity index is 742. The minimum Gasteiger partial charge on any atom is -0.394 e. The number of aromatic nitrogens is 2. The third-order valence-corrected chi connectivity index (χ3v) is 4.88. The lowest BCUT2D eigenvalue weighted by molar-refractivity contribution is -0.0511. The van der Waals surface area contributed by atoms with Gasteiger partial charge in [0.15, 0.2) is 6.23 Å². The van der Waals surface area contributed by atoms with Gasteiger partial charge in [-0.1, -0.05) is 0 Å². The van der Waals surface area contributed by atoms with E-state index in [2.05, 4.69) is 4.98 Å². The second kappa shape index (κ2) is 7.98. The maximum absolute atomic E-state index is 12.0. The molecule has 136 valence electrons. The van der Waals surface area contributed by atoms with Crippen LogP contribution in [-0.2, 0) is 30.3 Å². The molecular weight excluding hydrogens is 363 g/mol. The molecule has 1 aliphatic rings. The van der Waals surface area contributed by atoms with Crippen LogP contribution < -0.4 is 11.2 Å². The Hall–Kier alpha value is -0.910. The summed E-state index contributed by atoms with van der Waals surface area (Å²) >= 11 is 4.87. The zero-order valence-electron chi connectivity index (χ0n) is 13.7. The third-order valence-electron chi connectivity index (χ3n) is 3.28. The Labute approximate surface area is 143 Å². The van der Waals surface area contributed by atoms with Crippen molar-refractivity contribution in [3.05, 3.63) is 33.1 Å². The Kier molecular flexibility index (Phi) is 5.95. The predicted octanol–water partition coefficient (Wildman–Crippen LogP) is -0.920. The third kappa shape index (κ3) is 4.38. The first-order valence-corrected chi connectivity index (χ1v) is 9.47. The first kappa shape index (κ1) is 17.9. The maximum atomic E-state index is 12.0. The van der Waals surface area contributed by atoms with Gasteiger partial charge in [0.05, 0.1) is 19.3 Å². The van der Waals surface area contributed by atoms with Crippen molar-refractivity contribution in [1.82, 2.24) is 9.55 Å². The van der Waals surface area contributed by atoms with E-state index in [0.29, 0.717) is 0 Å². The van der Waals surface area contributed by atoms with E-state index in [1.54, 1.807) is 0 Å². The molecule has 0 spiro atoms. The standard InChI is InChI=1S/C12H19N2O8PS/c1-7-9(22-23(18,24)20-6-5-15)10(19-2)11(21-7)14-4-3-8(16)13-12(14)17/h3-4,7,9-11,15H,5-6H2,1-2H3,(H,18,24)(H,13,16,17)/t7-,9?,10+,11-,23?/m1/s1/i1D. The fraction of sp³-hybridized carbons (Fsp3) is 0.667. The predicted molar refractivity (Wildman–Crippen MR) is 86.1 cm³/mol. The van der Waals surface area contributed by atoms with Crippen LogP contribution in [0.25, 0.3) is 0 Å². The van der Waals surface area contributed by atoms with E-state index in [1.807, 2.05) is 0 Å². The SMILES string of the molecule is [2H]C[C@H]1O[C@@H](n2ccc(=O)[nH]c2=O)[C@@H](OC)C1OP(O)(=S)OCCO. The van der Waals surface area contributed by atoms with E-state index >= 15 is 0 Å². The van der Waals surface area contributed by atoms with Crippen molar-refractivity contribution in [1.29, 1.82) is 0 Å². The smallest absolute Gasteiger partial charge is 0.330 e. The van der Waals surface area contributed by atoms with Crippen molar-refractivity contribution in [2.45, 2.75) is 31.4 Å². The quantitative estimate of drug-likeness (QED) is 0.511. The Morgan fingerprint density at radius 2 is 2.29 bits per heavy atom. The van der Waals surface area contributed by atoms with Gasteiger partial charge >= 0.3 is 12.4 Å². The zero-order chi connectivity index (χ0) is 18.6. The van der Waals surface area contributed by atoms with E-state index in [4.69, 9.17) is 36.8 Å². The molecule has 0 bridgehead atoms. The van der Waals surface area contributed by atoms with Crippen LogP contribution >= 0.6 is 6.72 Å².